The van der Waals surface area contributed by atoms with Gasteiger partial charge < -0.3 is 31.0 Å². The molecule has 2 rings (SSSR count). The molecule has 0 atom stereocenters. The molecule has 0 aliphatic rings. The van der Waals surface area contributed by atoms with Crippen molar-refractivity contribution < 1.29 is 23.0 Å². The summed E-state index contributed by atoms with van der Waals surface area (Å²) in [6.45, 7) is 0.452. The number of benzene rings is 1. The standard InChI is InChI=1S/C18H22F2N6O3/c1-27-14-5-15(28-2)17(20)13(16(14)19)10-29-12-8-24-18(25-9-12)26-11(6-22)7-23-4-3-21/h5-9H,3-4,10,21-22H2,1-2H3,(H,24,25,26)/b11-6+,23-7?. The Balaban J connectivity index is 2.08. The number of aliphatic imine (C=N–C) groups is 1. The van der Waals surface area contributed by atoms with Gasteiger partial charge in [-0.05, 0) is 0 Å². The van der Waals surface area contributed by atoms with E-state index in [9.17, 15) is 8.78 Å². The van der Waals surface area contributed by atoms with Crippen LogP contribution in [0.4, 0.5) is 14.7 Å². The van der Waals surface area contributed by atoms with Crippen LogP contribution in [-0.4, -0.2) is 43.5 Å². The first-order valence-corrected chi connectivity index (χ1v) is 8.46. The van der Waals surface area contributed by atoms with Gasteiger partial charge in [0.1, 0.15) is 6.61 Å². The number of halogens is 2. The van der Waals surface area contributed by atoms with Crippen molar-refractivity contribution in [3.63, 3.8) is 0 Å². The first-order chi connectivity index (χ1) is 14.0. The lowest BCUT2D eigenvalue weighted by Gasteiger charge is -2.13. The Hall–Kier alpha value is -3.47. The Kier molecular flexibility index (Phi) is 8.10. The van der Waals surface area contributed by atoms with Crippen molar-refractivity contribution in [3.8, 4) is 17.2 Å². The van der Waals surface area contributed by atoms with E-state index in [4.69, 9.17) is 25.7 Å². The van der Waals surface area contributed by atoms with E-state index in [1.54, 1.807) is 0 Å². The third-order valence-corrected chi connectivity index (χ3v) is 3.60. The molecule has 156 valence electrons. The first-order valence-electron chi connectivity index (χ1n) is 8.46. The number of ether oxygens (including phenoxy) is 3. The highest BCUT2D eigenvalue weighted by Crippen LogP contribution is 2.31. The molecule has 0 saturated heterocycles. The van der Waals surface area contributed by atoms with Crippen LogP contribution >= 0.6 is 0 Å². The number of hydrogen-bond donors (Lipinski definition) is 3. The monoisotopic (exact) mass is 408 g/mol. The van der Waals surface area contributed by atoms with E-state index >= 15 is 0 Å². The molecule has 9 nitrogen and oxygen atoms in total. The van der Waals surface area contributed by atoms with Crippen LogP contribution in [0.5, 0.6) is 17.2 Å². The highest BCUT2D eigenvalue weighted by atomic mass is 19.1. The number of aromatic nitrogens is 2. The second kappa shape index (κ2) is 10.8. The molecule has 2 aromatic rings. The summed E-state index contributed by atoms with van der Waals surface area (Å²) in [5, 5.41) is 2.85. The van der Waals surface area contributed by atoms with Crippen molar-refractivity contribution in [3.05, 3.63) is 47.6 Å². The number of nitrogens with one attached hydrogen (secondary N) is 1. The predicted molar refractivity (Wildman–Crippen MR) is 104 cm³/mol. The van der Waals surface area contributed by atoms with Gasteiger partial charge in [0, 0.05) is 25.0 Å². The number of rotatable bonds is 10. The van der Waals surface area contributed by atoms with Crippen molar-refractivity contribution >= 4 is 12.2 Å². The molecule has 5 N–H and O–H groups in total. The molecular formula is C18H22F2N6O3. The predicted octanol–water partition coefficient (Wildman–Crippen LogP) is 1.59. The molecule has 0 aliphatic heterocycles. The molecule has 0 bridgehead atoms. The van der Waals surface area contributed by atoms with Crippen LogP contribution in [0, 0.1) is 11.6 Å². The minimum atomic E-state index is -0.875. The molecule has 1 heterocycles. The smallest absolute Gasteiger partial charge is 0.227 e. The second-order valence-corrected chi connectivity index (χ2v) is 5.49. The number of anilines is 1. The minimum Gasteiger partial charge on any atom is -0.494 e. The van der Waals surface area contributed by atoms with Crippen LogP contribution in [-0.2, 0) is 6.61 Å². The maximum Gasteiger partial charge on any atom is 0.227 e. The average Bonchev–Trinajstić information content (AvgIpc) is 2.74. The van der Waals surface area contributed by atoms with Crippen LogP contribution in [0.15, 0.2) is 35.3 Å². The molecule has 0 saturated carbocycles. The van der Waals surface area contributed by atoms with E-state index in [2.05, 4.69) is 20.3 Å². The quantitative estimate of drug-likeness (QED) is 0.506. The Labute approximate surface area is 166 Å². The zero-order valence-corrected chi connectivity index (χ0v) is 16.0. The van der Waals surface area contributed by atoms with Gasteiger partial charge >= 0.3 is 0 Å². The third kappa shape index (κ3) is 5.75. The van der Waals surface area contributed by atoms with Gasteiger partial charge in [0.2, 0.25) is 5.95 Å². The van der Waals surface area contributed by atoms with Gasteiger partial charge in [-0.2, -0.15) is 0 Å². The molecule has 11 heteroatoms. The summed E-state index contributed by atoms with van der Waals surface area (Å²) >= 11 is 0. The zero-order valence-electron chi connectivity index (χ0n) is 16.0. The van der Waals surface area contributed by atoms with Crippen LogP contribution in [0.3, 0.4) is 0 Å². The SMILES string of the molecule is COc1cc(OC)c(F)c(COc2cnc(N/C(C=NCCN)=C/N)nc2)c1F. The number of methoxy groups -OCH3 is 2. The largest absolute Gasteiger partial charge is 0.494 e. The van der Waals surface area contributed by atoms with Gasteiger partial charge in [-0.3, -0.25) is 4.99 Å². The Morgan fingerprint density at radius 1 is 1.17 bits per heavy atom. The van der Waals surface area contributed by atoms with Gasteiger partial charge in [-0.25, -0.2) is 18.7 Å². The van der Waals surface area contributed by atoms with Crippen LogP contribution in [0.2, 0.25) is 0 Å². The molecule has 0 radical (unpaired) electrons. The summed E-state index contributed by atoms with van der Waals surface area (Å²) < 4.78 is 43.9. The fraction of sp³-hybridized carbons (Fsp3) is 0.278. The maximum absolute atomic E-state index is 14.3. The molecule has 1 aromatic carbocycles. The lowest BCUT2D eigenvalue weighted by Crippen LogP contribution is -2.09. The van der Waals surface area contributed by atoms with Crippen LogP contribution in [0.25, 0.3) is 0 Å². The topological polar surface area (TPSA) is 130 Å². The molecule has 0 unspecified atom stereocenters. The number of nitrogens with two attached hydrogens (primary N) is 2. The van der Waals surface area contributed by atoms with E-state index in [1.165, 1.54) is 39.0 Å². The van der Waals surface area contributed by atoms with E-state index in [0.29, 0.717) is 18.8 Å². The lowest BCUT2D eigenvalue weighted by atomic mass is 10.1. The number of hydrogen-bond acceptors (Lipinski definition) is 9. The van der Waals surface area contributed by atoms with Crippen molar-refractivity contribution in [2.75, 3.05) is 32.6 Å². The molecular weight excluding hydrogens is 386 g/mol. The normalized spacial score (nSPS) is 11.6. The Bertz CT molecular complexity index is 847. The Morgan fingerprint density at radius 2 is 1.79 bits per heavy atom. The van der Waals surface area contributed by atoms with Crippen molar-refractivity contribution in [1.29, 1.82) is 0 Å². The van der Waals surface area contributed by atoms with Gasteiger partial charge in [0.05, 0.1) is 44.4 Å². The zero-order chi connectivity index (χ0) is 21.2. The lowest BCUT2D eigenvalue weighted by molar-refractivity contribution is 0.280. The highest BCUT2D eigenvalue weighted by molar-refractivity contribution is 5.81. The molecule has 0 fully saturated rings. The Morgan fingerprint density at radius 3 is 2.31 bits per heavy atom. The minimum absolute atomic E-state index is 0.157. The molecule has 0 amide bonds. The fourth-order valence-corrected chi connectivity index (χ4v) is 2.16. The summed E-state index contributed by atoms with van der Waals surface area (Å²) in [4.78, 5) is 12.2. The van der Waals surface area contributed by atoms with E-state index in [-0.39, 0.29) is 28.8 Å². The summed E-state index contributed by atoms with van der Waals surface area (Å²) in [7, 11) is 2.54. The average molecular weight is 408 g/mol. The van der Waals surface area contributed by atoms with E-state index in [0.717, 1.165) is 6.07 Å². The van der Waals surface area contributed by atoms with Crippen LogP contribution < -0.4 is 31.0 Å². The summed E-state index contributed by atoms with van der Waals surface area (Å²) in [5.74, 6) is -1.64. The van der Waals surface area contributed by atoms with E-state index < -0.39 is 18.2 Å². The van der Waals surface area contributed by atoms with E-state index in [1.807, 2.05) is 0 Å². The van der Waals surface area contributed by atoms with Crippen LogP contribution in [0.1, 0.15) is 5.56 Å². The first kappa shape index (κ1) is 21.8. The third-order valence-electron chi connectivity index (χ3n) is 3.60. The maximum atomic E-state index is 14.3. The molecule has 0 aliphatic carbocycles. The van der Waals surface area contributed by atoms with Gasteiger partial charge in [-0.15, -0.1) is 0 Å². The second-order valence-electron chi connectivity index (χ2n) is 5.49. The molecule has 0 spiro atoms. The summed E-state index contributed by atoms with van der Waals surface area (Å²) in [6, 6.07) is 1.12. The van der Waals surface area contributed by atoms with Crippen molar-refractivity contribution in [2.45, 2.75) is 6.61 Å². The highest BCUT2D eigenvalue weighted by Gasteiger charge is 2.20. The van der Waals surface area contributed by atoms with Crippen molar-refractivity contribution in [2.24, 2.45) is 16.5 Å². The number of nitrogens with zero attached hydrogens (tertiary/aromatic N) is 3. The number of allylic oxidation sites excluding steroid dienone is 1. The summed E-state index contributed by atoms with van der Waals surface area (Å²) in [6.07, 6.45) is 5.49. The molecule has 29 heavy (non-hydrogen) atoms. The van der Waals surface area contributed by atoms with Gasteiger partial charge in [0.25, 0.3) is 0 Å². The van der Waals surface area contributed by atoms with Gasteiger partial charge in [-0.1, -0.05) is 0 Å². The molecule has 1 aromatic heterocycles. The van der Waals surface area contributed by atoms with Gasteiger partial charge in [0.15, 0.2) is 28.9 Å². The summed E-state index contributed by atoms with van der Waals surface area (Å²) in [5.41, 5.74) is 11.0. The van der Waals surface area contributed by atoms with Crippen molar-refractivity contribution in [1.82, 2.24) is 9.97 Å². The fourth-order valence-electron chi connectivity index (χ4n) is 2.16.